The monoisotopic (exact) mass is 265 g/mol. The van der Waals surface area contributed by atoms with Crippen LogP contribution in [0.15, 0.2) is 24.3 Å². The Morgan fingerprint density at radius 3 is 2.37 bits per heavy atom. The molecule has 102 valence electrons. The minimum Gasteiger partial charge on any atom is -0.273 e. The summed E-state index contributed by atoms with van der Waals surface area (Å²) >= 11 is 0. The van der Waals surface area contributed by atoms with Gasteiger partial charge in [-0.1, -0.05) is 13.3 Å². The zero-order valence-electron chi connectivity index (χ0n) is 10.5. The van der Waals surface area contributed by atoms with E-state index in [2.05, 4.69) is 10.9 Å². The maximum Gasteiger partial charge on any atom is 0.269 e. The first kappa shape index (κ1) is 14.6. The Morgan fingerprint density at radius 2 is 1.84 bits per heavy atom. The molecule has 19 heavy (non-hydrogen) atoms. The van der Waals surface area contributed by atoms with Crippen molar-refractivity contribution in [3.63, 3.8) is 0 Å². The van der Waals surface area contributed by atoms with E-state index in [-0.39, 0.29) is 17.2 Å². The van der Waals surface area contributed by atoms with Crippen molar-refractivity contribution in [2.24, 2.45) is 0 Å². The minimum atomic E-state index is -0.547. The molecule has 0 bridgehead atoms. The molecule has 7 heteroatoms. The van der Waals surface area contributed by atoms with Crippen LogP contribution in [0.4, 0.5) is 5.69 Å². The van der Waals surface area contributed by atoms with Gasteiger partial charge in [-0.2, -0.15) is 0 Å². The van der Waals surface area contributed by atoms with E-state index in [4.69, 9.17) is 0 Å². The SMILES string of the molecule is CCCCC(=O)NNC(=O)c1ccc([N+](=O)[O-])cc1. The van der Waals surface area contributed by atoms with Gasteiger partial charge in [0.2, 0.25) is 5.91 Å². The van der Waals surface area contributed by atoms with Crippen LogP contribution in [0.2, 0.25) is 0 Å². The molecule has 0 saturated heterocycles. The van der Waals surface area contributed by atoms with Gasteiger partial charge in [-0.15, -0.1) is 0 Å². The number of nitrogens with zero attached hydrogens (tertiary/aromatic N) is 1. The van der Waals surface area contributed by atoms with Crippen LogP contribution in [0.1, 0.15) is 36.5 Å². The van der Waals surface area contributed by atoms with Crippen LogP contribution >= 0.6 is 0 Å². The lowest BCUT2D eigenvalue weighted by atomic mass is 10.2. The fourth-order valence-corrected chi connectivity index (χ4v) is 1.33. The summed E-state index contributed by atoms with van der Waals surface area (Å²) in [5.41, 5.74) is 4.67. The largest absolute Gasteiger partial charge is 0.273 e. The molecule has 2 N–H and O–H groups in total. The van der Waals surface area contributed by atoms with E-state index >= 15 is 0 Å². The van der Waals surface area contributed by atoms with Crippen LogP contribution in [0, 0.1) is 10.1 Å². The fraction of sp³-hybridized carbons (Fsp3) is 0.333. The molecule has 0 saturated carbocycles. The highest BCUT2D eigenvalue weighted by atomic mass is 16.6. The topological polar surface area (TPSA) is 101 Å². The molecular weight excluding hydrogens is 250 g/mol. The summed E-state index contributed by atoms with van der Waals surface area (Å²) in [6.07, 6.45) is 1.99. The number of hydrogen-bond donors (Lipinski definition) is 2. The maximum atomic E-state index is 11.6. The highest BCUT2D eigenvalue weighted by molar-refractivity contribution is 5.95. The average molecular weight is 265 g/mol. The van der Waals surface area contributed by atoms with Crippen molar-refractivity contribution in [2.75, 3.05) is 0 Å². The van der Waals surface area contributed by atoms with Crippen molar-refractivity contribution in [2.45, 2.75) is 26.2 Å². The number of carbonyl (C=O) groups excluding carboxylic acids is 2. The molecule has 0 aliphatic carbocycles. The number of non-ortho nitro benzene ring substituents is 1. The molecular formula is C12H15N3O4. The molecule has 1 aromatic carbocycles. The fourth-order valence-electron chi connectivity index (χ4n) is 1.33. The number of nitro benzene ring substituents is 1. The van der Waals surface area contributed by atoms with Crippen LogP contribution in [0.3, 0.4) is 0 Å². The number of hydrazine groups is 1. The molecule has 0 atom stereocenters. The van der Waals surface area contributed by atoms with Crippen molar-refractivity contribution in [3.8, 4) is 0 Å². The summed E-state index contributed by atoms with van der Waals surface area (Å²) in [6.45, 7) is 1.96. The third kappa shape index (κ3) is 4.74. The smallest absolute Gasteiger partial charge is 0.269 e. The van der Waals surface area contributed by atoms with Gasteiger partial charge in [-0.3, -0.25) is 30.6 Å². The summed E-state index contributed by atoms with van der Waals surface area (Å²) < 4.78 is 0. The van der Waals surface area contributed by atoms with Crippen LogP contribution in [0.25, 0.3) is 0 Å². The van der Waals surface area contributed by atoms with Gasteiger partial charge in [-0.25, -0.2) is 0 Å². The highest BCUT2D eigenvalue weighted by Gasteiger charge is 2.09. The second-order valence-electron chi connectivity index (χ2n) is 3.91. The van der Waals surface area contributed by atoms with E-state index in [1.807, 2.05) is 6.92 Å². The number of rotatable bonds is 5. The zero-order valence-corrected chi connectivity index (χ0v) is 10.5. The molecule has 0 unspecified atom stereocenters. The van der Waals surface area contributed by atoms with Gasteiger partial charge < -0.3 is 0 Å². The molecule has 0 spiro atoms. The van der Waals surface area contributed by atoms with Gasteiger partial charge in [0.15, 0.2) is 0 Å². The molecule has 7 nitrogen and oxygen atoms in total. The van der Waals surface area contributed by atoms with Crippen LogP contribution in [-0.4, -0.2) is 16.7 Å². The minimum absolute atomic E-state index is 0.0940. The first-order valence-electron chi connectivity index (χ1n) is 5.88. The number of carbonyl (C=O) groups is 2. The lowest BCUT2D eigenvalue weighted by Crippen LogP contribution is -2.41. The molecule has 0 aromatic heterocycles. The maximum absolute atomic E-state index is 11.6. The van der Waals surface area contributed by atoms with Gasteiger partial charge in [0.1, 0.15) is 0 Å². The molecule has 1 rings (SSSR count). The molecule has 2 amide bonds. The Morgan fingerprint density at radius 1 is 1.21 bits per heavy atom. The summed E-state index contributed by atoms with van der Waals surface area (Å²) in [5, 5.41) is 10.4. The summed E-state index contributed by atoms with van der Waals surface area (Å²) in [5.74, 6) is -0.781. The molecule has 0 aliphatic rings. The van der Waals surface area contributed by atoms with E-state index in [0.29, 0.717) is 6.42 Å². The number of hydrogen-bond acceptors (Lipinski definition) is 4. The highest BCUT2D eigenvalue weighted by Crippen LogP contribution is 2.11. The van der Waals surface area contributed by atoms with Crippen molar-refractivity contribution in [1.29, 1.82) is 0 Å². The van der Waals surface area contributed by atoms with Gasteiger partial charge in [-0.05, 0) is 18.6 Å². The molecule has 0 radical (unpaired) electrons. The van der Waals surface area contributed by atoms with E-state index in [0.717, 1.165) is 12.8 Å². The summed E-state index contributed by atoms with van der Waals surface area (Å²) in [7, 11) is 0. The van der Waals surface area contributed by atoms with Crippen molar-refractivity contribution < 1.29 is 14.5 Å². The predicted octanol–water partition coefficient (Wildman–Crippen LogP) is 1.55. The van der Waals surface area contributed by atoms with Crippen molar-refractivity contribution in [3.05, 3.63) is 39.9 Å². The van der Waals surface area contributed by atoms with E-state index in [1.54, 1.807) is 0 Å². The standard InChI is InChI=1S/C12H15N3O4/c1-2-3-4-11(16)13-14-12(17)9-5-7-10(8-6-9)15(18)19/h5-8H,2-4H2,1H3,(H,13,16)(H,14,17). The molecule has 0 fully saturated rings. The van der Waals surface area contributed by atoms with Gasteiger partial charge in [0.05, 0.1) is 4.92 Å². The van der Waals surface area contributed by atoms with Crippen molar-refractivity contribution in [1.82, 2.24) is 10.9 Å². The quantitative estimate of drug-likeness (QED) is 0.622. The third-order valence-electron chi connectivity index (χ3n) is 2.41. The number of benzene rings is 1. The molecule has 1 aromatic rings. The van der Waals surface area contributed by atoms with Crippen LogP contribution in [0.5, 0.6) is 0 Å². The number of amides is 2. The van der Waals surface area contributed by atoms with E-state index < -0.39 is 10.8 Å². The predicted molar refractivity (Wildman–Crippen MR) is 68.2 cm³/mol. The summed E-state index contributed by atoms with van der Waals surface area (Å²) in [4.78, 5) is 32.8. The number of nitrogens with one attached hydrogen (secondary N) is 2. The Hall–Kier alpha value is -2.44. The molecule has 0 heterocycles. The second kappa shape index (κ2) is 7.10. The Kier molecular flexibility index (Phi) is 5.46. The Labute approximate surface area is 110 Å². The van der Waals surface area contributed by atoms with E-state index in [9.17, 15) is 19.7 Å². The Balaban J connectivity index is 2.49. The lowest BCUT2D eigenvalue weighted by molar-refractivity contribution is -0.384. The van der Waals surface area contributed by atoms with Crippen molar-refractivity contribution >= 4 is 17.5 Å². The normalized spacial score (nSPS) is 9.74. The second-order valence-corrected chi connectivity index (χ2v) is 3.91. The van der Waals surface area contributed by atoms with Gasteiger partial charge >= 0.3 is 0 Å². The van der Waals surface area contributed by atoms with E-state index in [1.165, 1.54) is 24.3 Å². The third-order valence-corrected chi connectivity index (χ3v) is 2.41. The zero-order chi connectivity index (χ0) is 14.3. The Bertz CT molecular complexity index is 470. The number of nitro groups is 1. The molecule has 0 aliphatic heterocycles. The number of unbranched alkanes of at least 4 members (excludes halogenated alkanes) is 1. The summed E-state index contributed by atoms with van der Waals surface area (Å²) in [6, 6.07) is 5.11. The average Bonchev–Trinajstić information content (AvgIpc) is 2.42. The van der Waals surface area contributed by atoms with Crippen LogP contribution in [-0.2, 0) is 4.79 Å². The lowest BCUT2D eigenvalue weighted by Gasteiger charge is -2.06. The van der Waals surface area contributed by atoms with Gasteiger partial charge in [0.25, 0.3) is 11.6 Å². The van der Waals surface area contributed by atoms with Crippen LogP contribution < -0.4 is 10.9 Å². The first-order chi connectivity index (χ1) is 9.04. The first-order valence-corrected chi connectivity index (χ1v) is 5.88. The van der Waals surface area contributed by atoms with Gasteiger partial charge in [0, 0.05) is 24.1 Å².